The van der Waals surface area contributed by atoms with Crippen LogP contribution in [0.4, 0.5) is 0 Å². The standard InChI is InChI=1S/C18H25NO8S/c1-11-5-7-13(8-6-11)28(22,23)10-12(9-19(20)21)14-15(24-4)16-17(25-14)27-18(2,3)26-16/h5-8,12,14-17H,9-10H2,1-4H3/t12-,14-,15+,16-,17-/m1/s1. The third-order valence-electron chi connectivity index (χ3n) is 4.96. The van der Waals surface area contributed by atoms with Gasteiger partial charge in [0.2, 0.25) is 6.54 Å². The van der Waals surface area contributed by atoms with Crippen molar-refractivity contribution in [3.63, 3.8) is 0 Å². The third-order valence-corrected chi connectivity index (χ3v) is 6.82. The molecule has 2 saturated heterocycles. The first-order valence-electron chi connectivity index (χ1n) is 8.97. The number of nitro groups is 1. The minimum Gasteiger partial charge on any atom is -0.376 e. The number of rotatable bonds is 7. The smallest absolute Gasteiger partial charge is 0.210 e. The van der Waals surface area contributed by atoms with E-state index >= 15 is 0 Å². The van der Waals surface area contributed by atoms with Crippen LogP contribution >= 0.6 is 0 Å². The highest BCUT2D eigenvalue weighted by atomic mass is 32.2. The maximum atomic E-state index is 12.9. The summed E-state index contributed by atoms with van der Waals surface area (Å²) in [5, 5.41) is 11.2. The molecule has 28 heavy (non-hydrogen) atoms. The average Bonchev–Trinajstić information content (AvgIpc) is 3.05. The number of ether oxygens (including phenoxy) is 4. The predicted octanol–water partition coefficient (Wildman–Crippen LogP) is 1.55. The molecule has 0 saturated carbocycles. The van der Waals surface area contributed by atoms with Crippen molar-refractivity contribution in [3.8, 4) is 0 Å². The van der Waals surface area contributed by atoms with Crippen molar-refractivity contribution in [1.82, 2.24) is 0 Å². The van der Waals surface area contributed by atoms with Crippen LogP contribution in [-0.2, 0) is 28.8 Å². The Kier molecular flexibility index (Phi) is 5.79. The zero-order chi connectivity index (χ0) is 20.7. The SMILES string of the molecule is CO[C@H]1[C@@H]([C@H](C[N+](=O)[O-])CS(=O)(=O)c2ccc(C)cc2)O[C@@H]2OC(C)(C)O[C@@H]21. The van der Waals surface area contributed by atoms with Crippen LogP contribution < -0.4 is 0 Å². The highest BCUT2D eigenvalue weighted by molar-refractivity contribution is 7.91. The van der Waals surface area contributed by atoms with Crippen LogP contribution in [0.1, 0.15) is 19.4 Å². The molecule has 0 spiro atoms. The highest BCUT2D eigenvalue weighted by Gasteiger charge is 2.57. The van der Waals surface area contributed by atoms with E-state index in [0.29, 0.717) is 0 Å². The topological polar surface area (TPSA) is 114 Å². The minimum absolute atomic E-state index is 0.118. The van der Waals surface area contributed by atoms with Gasteiger partial charge in [-0.05, 0) is 32.9 Å². The monoisotopic (exact) mass is 415 g/mol. The molecular formula is C18H25NO8S. The van der Waals surface area contributed by atoms with Gasteiger partial charge >= 0.3 is 0 Å². The quantitative estimate of drug-likeness (QED) is 0.487. The van der Waals surface area contributed by atoms with Crippen molar-refractivity contribution < 1.29 is 32.3 Å². The van der Waals surface area contributed by atoms with E-state index < -0.39 is 63.4 Å². The Bertz CT molecular complexity index is 822. The van der Waals surface area contributed by atoms with Gasteiger partial charge in [0.15, 0.2) is 21.9 Å². The Morgan fingerprint density at radius 1 is 1.25 bits per heavy atom. The fraction of sp³-hybridized carbons (Fsp3) is 0.667. The van der Waals surface area contributed by atoms with E-state index in [-0.39, 0.29) is 4.90 Å². The van der Waals surface area contributed by atoms with Gasteiger partial charge < -0.3 is 18.9 Å². The number of benzene rings is 1. The first kappa shape index (κ1) is 21.1. The zero-order valence-corrected chi connectivity index (χ0v) is 17.0. The number of hydrogen-bond donors (Lipinski definition) is 0. The van der Waals surface area contributed by atoms with Crippen molar-refractivity contribution in [2.24, 2.45) is 5.92 Å². The maximum absolute atomic E-state index is 12.9. The Labute approximate surface area is 164 Å². The van der Waals surface area contributed by atoms with Crippen molar-refractivity contribution in [2.75, 3.05) is 19.4 Å². The number of sulfone groups is 1. The molecule has 0 radical (unpaired) electrons. The number of aryl methyl sites for hydroxylation is 1. The molecule has 0 N–H and O–H groups in total. The molecule has 5 atom stereocenters. The molecule has 9 nitrogen and oxygen atoms in total. The lowest BCUT2D eigenvalue weighted by atomic mass is 9.98. The van der Waals surface area contributed by atoms with Crippen LogP contribution in [0.3, 0.4) is 0 Å². The lowest BCUT2D eigenvalue weighted by molar-refractivity contribution is -0.490. The summed E-state index contributed by atoms with van der Waals surface area (Å²) in [6, 6.07) is 6.38. The van der Waals surface area contributed by atoms with Crippen LogP contribution in [-0.4, -0.2) is 63.1 Å². The third kappa shape index (κ3) is 4.36. The van der Waals surface area contributed by atoms with Gasteiger partial charge in [0.1, 0.15) is 12.2 Å². The van der Waals surface area contributed by atoms with E-state index in [4.69, 9.17) is 18.9 Å². The summed E-state index contributed by atoms with van der Waals surface area (Å²) < 4.78 is 48.5. The zero-order valence-electron chi connectivity index (χ0n) is 16.2. The number of nitrogens with zero attached hydrogens (tertiary/aromatic N) is 1. The first-order valence-corrected chi connectivity index (χ1v) is 10.6. The molecule has 2 heterocycles. The second-order valence-corrected chi connectivity index (χ2v) is 9.67. The average molecular weight is 415 g/mol. The highest BCUT2D eigenvalue weighted by Crippen LogP contribution is 2.41. The van der Waals surface area contributed by atoms with Crippen LogP contribution in [0, 0.1) is 23.0 Å². The summed E-state index contributed by atoms with van der Waals surface area (Å²) in [5.41, 5.74) is 0.920. The first-order chi connectivity index (χ1) is 13.0. The molecule has 3 rings (SSSR count). The molecule has 0 aliphatic carbocycles. The van der Waals surface area contributed by atoms with Gasteiger partial charge in [-0.2, -0.15) is 0 Å². The lowest BCUT2D eigenvalue weighted by Gasteiger charge is -2.28. The van der Waals surface area contributed by atoms with Gasteiger partial charge in [0.25, 0.3) is 0 Å². The van der Waals surface area contributed by atoms with Crippen molar-refractivity contribution in [3.05, 3.63) is 39.9 Å². The minimum atomic E-state index is -3.76. The van der Waals surface area contributed by atoms with Crippen molar-refractivity contribution in [2.45, 2.75) is 56.1 Å². The Hall–Kier alpha value is -1.59. The lowest BCUT2D eigenvalue weighted by Crippen LogP contribution is -2.44. The fourth-order valence-corrected chi connectivity index (χ4v) is 5.32. The molecular weight excluding hydrogens is 390 g/mol. The second-order valence-electron chi connectivity index (χ2n) is 7.64. The Morgan fingerprint density at radius 3 is 2.46 bits per heavy atom. The molecule has 1 aromatic rings. The molecule has 0 bridgehead atoms. The summed E-state index contributed by atoms with van der Waals surface area (Å²) >= 11 is 0. The number of fused-ring (bicyclic) bond motifs is 1. The van der Waals surface area contributed by atoms with Crippen LogP contribution in [0.5, 0.6) is 0 Å². The van der Waals surface area contributed by atoms with E-state index in [1.165, 1.54) is 19.2 Å². The summed E-state index contributed by atoms with van der Waals surface area (Å²) in [6.07, 6.45) is -2.87. The van der Waals surface area contributed by atoms with Crippen LogP contribution in [0.2, 0.25) is 0 Å². The van der Waals surface area contributed by atoms with E-state index in [9.17, 15) is 18.5 Å². The van der Waals surface area contributed by atoms with Gasteiger partial charge in [-0.3, -0.25) is 10.1 Å². The van der Waals surface area contributed by atoms with E-state index in [0.717, 1.165) is 5.56 Å². The molecule has 0 aromatic heterocycles. The molecule has 1 aromatic carbocycles. The van der Waals surface area contributed by atoms with Gasteiger partial charge in [0, 0.05) is 12.0 Å². The van der Waals surface area contributed by atoms with Gasteiger partial charge in [0.05, 0.1) is 22.7 Å². The Morgan fingerprint density at radius 2 is 1.89 bits per heavy atom. The molecule has 0 amide bonds. The van der Waals surface area contributed by atoms with Gasteiger partial charge in [-0.15, -0.1) is 0 Å². The summed E-state index contributed by atoms with van der Waals surface area (Å²) in [5.74, 6) is -2.24. The molecule has 156 valence electrons. The van der Waals surface area contributed by atoms with E-state index in [1.807, 2.05) is 6.92 Å². The largest absolute Gasteiger partial charge is 0.376 e. The van der Waals surface area contributed by atoms with Crippen LogP contribution in [0.15, 0.2) is 29.2 Å². The van der Waals surface area contributed by atoms with Crippen molar-refractivity contribution >= 4 is 9.84 Å². The molecule has 2 aliphatic heterocycles. The van der Waals surface area contributed by atoms with Gasteiger partial charge in [-0.25, -0.2) is 8.42 Å². The molecule has 2 aliphatic rings. The van der Waals surface area contributed by atoms with Crippen molar-refractivity contribution in [1.29, 1.82) is 0 Å². The molecule has 2 fully saturated rings. The predicted molar refractivity (Wildman–Crippen MR) is 98.1 cm³/mol. The number of methoxy groups -OCH3 is 1. The normalized spacial score (nSPS) is 30.1. The summed E-state index contributed by atoms with van der Waals surface area (Å²) in [6.45, 7) is 4.74. The van der Waals surface area contributed by atoms with E-state index in [1.54, 1.807) is 26.0 Å². The molecule has 10 heteroatoms. The Balaban J connectivity index is 1.84. The van der Waals surface area contributed by atoms with Gasteiger partial charge in [-0.1, -0.05) is 17.7 Å². The second kappa shape index (κ2) is 7.68. The summed E-state index contributed by atoms with van der Waals surface area (Å²) in [4.78, 5) is 10.8. The fourth-order valence-electron chi connectivity index (χ4n) is 3.72. The molecule has 0 unspecified atom stereocenters. The van der Waals surface area contributed by atoms with Crippen LogP contribution in [0.25, 0.3) is 0 Å². The maximum Gasteiger partial charge on any atom is 0.210 e. The van der Waals surface area contributed by atoms with E-state index in [2.05, 4.69) is 0 Å². The number of hydrogen-bond acceptors (Lipinski definition) is 8. The summed E-state index contributed by atoms with van der Waals surface area (Å²) in [7, 11) is -2.32.